The molecule has 0 unspecified atom stereocenters. The summed E-state index contributed by atoms with van der Waals surface area (Å²) < 4.78 is 0. The summed E-state index contributed by atoms with van der Waals surface area (Å²) in [5.41, 5.74) is 1.09. The number of hydrogen-bond donors (Lipinski definition) is 0. The SMILES string of the molecule is CCCCCCc1ccc(-c2ccc(-c3cncnc3)s2)s1. The van der Waals surface area contributed by atoms with Gasteiger partial charge in [0.25, 0.3) is 0 Å². The van der Waals surface area contributed by atoms with Crippen LogP contribution in [0.2, 0.25) is 0 Å². The van der Waals surface area contributed by atoms with E-state index < -0.39 is 0 Å². The second kappa shape index (κ2) is 7.65. The fourth-order valence-corrected chi connectivity index (χ4v) is 4.54. The molecule has 0 amide bonds. The summed E-state index contributed by atoms with van der Waals surface area (Å²) in [5, 5.41) is 0. The molecule has 0 atom stereocenters. The van der Waals surface area contributed by atoms with Gasteiger partial charge in [-0.1, -0.05) is 26.2 Å². The maximum absolute atomic E-state index is 4.09. The zero-order valence-corrected chi connectivity index (χ0v) is 14.4. The highest BCUT2D eigenvalue weighted by molar-refractivity contribution is 7.23. The maximum Gasteiger partial charge on any atom is 0.115 e. The van der Waals surface area contributed by atoms with Crippen LogP contribution in [0.5, 0.6) is 0 Å². The summed E-state index contributed by atoms with van der Waals surface area (Å²) in [4.78, 5) is 13.6. The molecule has 0 saturated heterocycles. The normalized spacial score (nSPS) is 11.0. The van der Waals surface area contributed by atoms with Crippen molar-refractivity contribution < 1.29 is 0 Å². The standard InChI is InChI=1S/C18H20N2S2/c1-2-3-4-5-6-15-7-8-17(21-15)18-10-9-16(22-18)14-11-19-13-20-12-14/h7-13H,2-6H2,1H3. The van der Waals surface area contributed by atoms with Crippen LogP contribution in [0.1, 0.15) is 37.5 Å². The lowest BCUT2D eigenvalue weighted by molar-refractivity contribution is 0.670. The molecule has 0 saturated carbocycles. The molecule has 3 aromatic rings. The number of unbranched alkanes of at least 4 members (excludes halogenated alkanes) is 3. The van der Waals surface area contributed by atoms with E-state index in [1.54, 1.807) is 6.33 Å². The Balaban J connectivity index is 1.68. The van der Waals surface area contributed by atoms with Gasteiger partial charge in [-0.3, -0.25) is 0 Å². The van der Waals surface area contributed by atoms with E-state index in [9.17, 15) is 0 Å². The van der Waals surface area contributed by atoms with Crippen molar-refractivity contribution >= 4 is 22.7 Å². The van der Waals surface area contributed by atoms with E-state index in [0.29, 0.717) is 0 Å². The molecule has 0 radical (unpaired) electrons. The van der Waals surface area contributed by atoms with E-state index >= 15 is 0 Å². The summed E-state index contributed by atoms with van der Waals surface area (Å²) in [6.07, 6.45) is 11.8. The maximum atomic E-state index is 4.09. The van der Waals surface area contributed by atoms with Crippen LogP contribution in [-0.2, 0) is 6.42 Å². The number of aromatic nitrogens is 2. The summed E-state index contributed by atoms with van der Waals surface area (Å²) in [6.45, 7) is 2.26. The molecular weight excluding hydrogens is 308 g/mol. The minimum absolute atomic E-state index is 1.09. The van der Waals surface area contributed by atoms with Gasteiger partial charge in [0, 0.05) is 37.5 Å². The zero-order valence-electron chi connectivity index (χ0n) is 12.8. The van der Waals surface area contributed by atoms with Gasteiger partial charge in [0.05, 0.1) is 0 Å². The first-order valence-corrected chi connectivity index (χ1v) is 9.44. The molecule has 22 heavy (non-hydrogen) atoms. The van der Waals surface area contributed by atoms with Crippen LogP contribution in [0.4, 0.5) is 0 Å². The van der Waals surface area contributed by atoms with Crippen molar-refractivity contribution in [3.8, 4) is 20.2 Å². The summed E-state index contributed by atoms with van der Waals surface area (Å²) >= 11 is 3.75. The number of thiophene rings is 2. The Hall–Kier alpha value is -1.52. The molecular formula is C18H20N2S2. The molecule has 0 bridgehead atoms. The van der Waals surface area contributed by atoms with Gasteiger partial charge in [-0.05, 0) is 37.1 Å². The van der Waals surface area contributed by atoms with Crippen molar-refractivity contribution in [1.82, 2.24) is 9.97 Å². The van der Waals surface area contributed by atoms with Crippen LogP contribution >= 0.6 is 22.7 Å². The molecule has 0 aromatic carbocycles. The van der Waals surface area contributed by atoms with Gasteiger partial charge in [0.15, 0.2) is 0 Å². The number of rotatable bonds is 7. The molecule has 0 N–H and O–H groups in total. The van der Waals surface area contributed by atoms with E-state index in [4.69, 9.17) is 0 Å². The average molecular weight is 329 g/mol. The van der Waals surface area contributed by atoms with Crippen LogP contribution in [0.25, 0.3) is 20.2 Å². The zero-order chi connectivity index (χ0) is 15.2. The van der Waals surface area contributed by atoms with E-state index in [0.717, 1.165) is 5.56 Å². The molecule has 0 aliphatic rings. The Labute approximate surface area is 139 Å². The third-order valence-corrected chi connectivity index (χ3v) is 6.11. The van der Waals surface area contributed by atoms with Gasteiger partial charge in [0.2, 0.25) is 0 Å². The van der Waals surface area contributed by atoms with E-state index in [1.165, 1.54) is 51.6 Å². The molecule has 3 heterocycles. The third-order valence-electron chi connectivity index (χ3n) is 3.63. The molecule has 3 aromatic heterocycles. The van der Waals surface area contributed by atoms with Gasteiger partial charge in [0.1, 0.15) is 6.33 Å². The molecule has 0 spiro atoms. The lowest BCUT2D eigenvalue weighted by atomic mass is 10.1. The predicted molar refractivity (Wildman–Crippen MR) is 96.5 cm³/mol. The molecule has 2 nitrogen and oxygen atoms in total. The van der Waals surface area contributed by atoms with Crippen molar-refractivity contribution in [3.63, 3.8) is 0 Å². The second-order valence-corrected chi connectivity index (χ2v) is 7.62. The third kappa shape index (κ3) is 3.81. The van der Waals surface area contributed by atoms with Crippen molar-refractivity contribution in [1.29, 1.82) is 0 Å². The van der Waals surface area contributed by atoms with Gasteiger partial charge in [-0.25, -0.2) is 9.97 Å². The Morgan fingerprint density at radius 1 is 0.818 bits per heavy atom. The van der Waals surface area contributed by atoms with Gasteiger partial charge >= 0.3 is 0 Å². The number of hydrogen-bond acceptors (Lipinski definition) is 4. The fraction of sp³-hybridized carbons (Fsp3) is 0.333. The summed E-state index contributed by atoms with van der Waals surface area (Å²) in [7, 11) is 0. The first-order valence-electron chi connectivity index (χ1n) is 7.81. The topological polar surface area (TPSA) is 25.8 Å². The van der Waals surface area contributed by atoms with Crippen molar-refractivity contribution in [3.05, 3.63) is 47.9 Å². The highest BCUT2D eigenvalue weighted by atomic mass is 32.1. The first-order chi connectivity index (χ1) is 10.9. The Morgan fingerprint density at radius 3 is 2.36 bits per heavy atom. The van der Waals surface area contributed by atoms with Crippen LogP contribution in [0.15, 0.2) is 43.0 Å². The fourth-order valence-electron chi connectivity index (χ4n) is 2.42. The number of nitrogens with zero attached hydrogens (tertiary/aromatic N) is 2. The Kier molecular flexibility index (Phi) is 5.35. The van der Waals surface area contributed by atoms with Gasteiger partial charge < -0.3 is 0 Å². The van der Waals surface area contributed by atoms with E-state index in [1.807, 2.05) is 35.1 Å². The summed E-state index contributed by atoms with van der Waals surface area (Å²) in [5.74, 6) is 0. The van der Waals surface area contributed by atoms with Gasteiger partial charge in [-0.2, -0.15) is 0 Å². The highest BCUT2D eigenvalue weighted by Gasteiger charge is 2.08. The first kappa shape index (κ1) is 15.4. The molecule has 3 rings (SSSR count). The van der Waals surface area contributed by atoms with Crippen LogP contribution in [0, 0.1) is 0 Å². The molecule has 0 fully saturated rings. The lowest BCUT2D eigenvalue weighted by Gasteiger charge is -1.97. The number of aryl methyl sites for hydroxylation is 1. The molecule has 0 aliphatic carbocycles. The molecule has 4 heteroatoms. The van der Waals surface area contributed by atoms with Crippen LogP contribution in [0.3, 0.4) is 0 Å². The Bertz CT molecular complexity index is 701. The van der Waals surface area contributed by atoms with E-state index in [2.05, 4.69) is 41.2 Å². The smallest absolute Gasteiger partial charge is 0.115 e. The molecule has 114 valence electrons. The monoisotopic (exact) mass is 328 g/mol. The average Bonchev–Trinajstić information content (AvgIpc) is 3.21. The predicted octanol–water partition coefficient (Wildman–Crippen LogP) is 6.06. The molecule has 0 aliphatic heterocycles. The highest BCUT2D eigenvalue weighted by Crippen LogP contribution is 2.37. The van der Waals surface area contributed by atoms with Crippen LogP contribution in [-0.4, -0.2) is 9.97 Å². The lowest BCUT2D eigenvalue weighted by Crippen LogP contribution is -1.80. The van der Waals surface area contributed by atoms with Crippen molar-refractivity contribution in [2.75, 3.05) is 0 Å². The van der Waals surface area contributed by atoms with Crippen LogP contribution < -0.4 is 0 Å². The Morgan fingerprint density at radius 2 is 1.55 bits per heavy atom. The van der Waals surface area contributed by atoms with Gasteiger partial charge in [-0.15, -0.1) is 22.7 Å². The van der Waals surface area contributed by atoms with E-state index in [-0.39, 0.29) is 0 Å². The minimum atomic E-state index is 1.09. The second-order valence-electron chi connectivity index (χ2n) is 5.37. The largest absolute Gasteiger partial charge is 0.244 e. The quantitative estimate of drug-likeness (QED) is 0.493. The van der Waals surface area contributed by atoms with Crippen molar-refractivity contribution in [2.24, 2.45) is 0 Å². The van der Waals surface area contributed by atoms with Crippen molar-refractivity contribution in [2.45, 2.75) is 39.0 Å². The minimum Gasteiger partial charge on any atom is -0.244 e. The summed E-state index contributed by atoms with van der Waals surface area (Å²) in [6, 6.07) is 8.92.